The van der Waals surface area contributed by atoms with Crippen molar-refractivity contribution >= 4 is 38.3 Å². The van der Waals surface area contributed by atoms with Gasteiger partial charge in [-0.25, -0.2) is 17.8 Å². The van der Waals surface area contributed by atoms with Gasteiger partial charge < -0.3 is 10.2 Å². The fraction of sp³-hybridized carbons (Fsp3) is 0.500. The topological polar surface area (TPSA) is 99.7 Å². The van der Waals surface area contributed by atoms with Gasteiger partial charge in [0.2, 0.25) is 21.8 Å². The number of halogens is 1. The number of aryl methyl sites for hydroxylation is 1. The smallest absolute Gasteiger partial charge is 0.245 e. The quantitative estimate of drug-likeness (QED) is 0.689. The van der Waals surface area contributed by atoms with Crippen LogP contribution in [0.15, 0.2) is 34.5 Å². The van der Waals surface area contributed by atoms with Gasteiger partial charge in [0.15, 0.2) is 5.13 Å². The number of benzene rings is 1. The van der Waals surface area contributed by atoms with Gasteiger partial charge in [-0.3, -0.25) is 9.59 Å². The van der Waals surface area contributed by atoms with Crippen molar-refractivity contribution in [2.24, 2.45) is 11.8 Å². The lowest BCUT2D eigenvalue weighted by Gasteiger charge is -2.36. The lowest BCUT2D eigenvalue weighted by molar-refractivity contribution is -0.139. The fourth-order valence-electron chi connectivity index (χ4n) is 4.38. The van der Waals surface area contributed by atoms with Crippen LogP contribution in [-0.4, -0.2) is 60.6 Å². The third-order valence-electron chi connectivity index (χ3n) is 6.28. The van der Waals surface area contributed by atoms with E-state index in [1.54, 1.807) is 4.90 Å². The molecule has 2 saturated heterocycles. The predicted molar refractivity (Wildman–Crippen MR) is 123 cm³/mol. The first-order valence-corrected chi connectivity index (χ1v) is 13.3. The molecule has 2 aliphatic rings. The van der Waals surface area contributed by atoms with Gasteiger partial charge in [-0.05, 0) is 44.7 Å². The van der Waals surface area contributed by atoms with Crippen LogP contribution < -0.4 is 5.32 Å². The van der Waals surface area contributed by atoms with E-state index >= 15 is 0 Å². The SMILES string of the molecule is Cc1csc(NC(=O)C2CCN(C(=O)C3CCN(S(=O)(=O)c4ccccc4F)CC3)CC2)n1. The number of hydrogen-bond donors (Lipinski definition) is 1. The highest BCUT2D eigenvalue weighted by molar-refractivity contribution is 7.89. The second-order valence-corrected chi connectivity index (χ2v) is 11.3. The molecule has 0 aliphatic carbocycles. The van der Waals surface area contributed by atoms with E-state index in [9.17, 15) is 22.4 Å². The summed E-state index contributed by atoms with van der Waals surface area (Å²) in [6.07, 6.45) is 1.97. The van der Waals surface area contributed by atoms with Crippen LogP contribution in [0.2, 0.25) is 0 Å². The first kappa shape index (κ1) is 23.8. The molecular weight excluding hydrogens is 467 g/mol. The minimum absolute atomic E-state index is 0.00680. The second-order valence-electron chi connectivity index (χ2n) is 8.49. The summed E-state index contributed by atoms with van der Waals surface area (Å²) in [5, 5.41) is 5.32. The molecule has 11 heteroatoms. The fourth-order valence-corrected chi connectivity index (χ4v) is 6.60. The number of piperidine rings is 2. The highest BCUT2D eigenvalue weighted by atomic mass is 32.2. The Morgan fingerprint density at radius 2 is 1.70 bits per heavy atom. The predicted octanol–water partition coefficient (Wildman–Crippen LogP) is 2.87. The van der Waals surface area contributed by atoms with Gasteiger partial charge in [0, 0.05) is 43.4 Å². The summed E-state index contributed by atoms with van der Waals surface area (Å²) in [5.41, 5.74) is 0.864. The van der Waals surface area contributed by atoms with Gasteiger partial charge in [0.25, 0.3) is 0 Å². The zero-order chi connectivity index (χ0) is 23.6. The summed E-state index contributed by atoms with van der Waals surface area (Å²) in [4.78, 5) is 31.2. The molecule has 2 fully saturated rings. The van der Waals surface area contributed by atoms with Crippen molar-refractivity contribution in [3.05, 3.63) is 41.2 Å². The Balaban J connectivity index is 1.27. The molecule has 2 aromatic rings. The normalized spacial score (nSPS) is 18.9. The van der Waals surface area contributed by atoms with Crippen molar-refractivity contribution < 1.29 is 22.4 Å². The summed E-state index contributed by atoms with van der Waals surface area (Å²) in [5.74, 6) is -1.25. The third-order valence-corrected chi connectivity index (χ3v) is 9.09. The van der Waals surface area contributed by atoms with E-state index in [2.05, 4.69) is 10.3 Å². The van der Waals surface area contributed by atoms with E-state index in [0.717, 1.165) is 11.8 Å². The minimum Gasteiger partial charge on any atom is -0.342 e. The highest BCUT2D eigenvalue weighted by Crippen LogP contribution is 2.28. The van der Waals surface area contributed by atoms with Crippen LogP contribution in [0.5, 0.6) is 0 Å². The maximum Gasteiger partial charge on any atom is 0.245 e. The number of nitrogens with one attached hydrogen (secondary N) is 1. The van der Waals surface area contributed by atoms with Crippen LogP contribution in [0.25, 0.3) is 0 Å². The summed E-state index contributed by atoms with van der Waals surface area (Å²) in [7, 11) is -3.92. The van der Waals surface area contributed by atoms with Crippen LogP contribution in [0, 0.1) is 24.6 Å². The van der Waals surface area contributed by atoms with Crippen molar-refractivity contribution in [3.8, 4) is 0 Å². The number of sulfonamides is 1. The van der Waals surface area contributed by atoms with Crippen molar-refractivity contribution in [3.63, 3.8) is 0 Å². The third kappa shape index (κ3) is 5.25. The van der Waals surface area contributed by atoms with Gasteiger partial charge in [-0.2, -0.15) is 4.31 Å². The molecule has 1 aromatic carbocycles. The minimum atomic E-state index is -3.92. The lowest BCUT2D eigenvalue weighted by atomic mass is 9.92. The zero-order valence-electron chi connectivity index (χ0n) is 18.4. The van der Waals surface area contributed by atoms with Crippen LogP contribution in [-0.2, 0) is 19.6 Å². The number of thiazole rings is 1. The van der Waals surface area contributed by atoms with E-state index in [-0.39, 0.29) is 41.6 Å². The Labute approximate surface area is 196 Å². The summed E-state index contributed by atoms with van der Waals surface area (Å²) < 4.78 is 40.8. The van der Waals surface area contributed by atoms with E-state index in [1.807, 2.05) is 12.3 Å². The molecule has 4 rings (SSSR count). The highest BCUT2D eigenvalue weighted by Gasteiger charge is 2.36. The summed E-state index contributed by atoms with van der Waals surface area (Å²) >= 11 is 1.39. The maximum atomic E-state index is 14.0. The number of aromatic nitrogens is 1. The molecule has 3 heterocycles. The standard InChI is InChI=1S/C22H27FN4O4S2/c1-15-14-32-22(24-15)25-20(28)16-6-10-26(11-7-16)21(29)17-8-12-27(13-9-17)33(30,31)19-5-3-2-4-18(19)23/h2-5,14,16-17H,6-13H2,1H3,(H,24,25,28). The zero-order valence-corrected chi connectivity index (χ0v) is 20.0. The average Bonchev–Trinajstić information content (AvgIpc) is 3.23. The molecule has 8 nitrogen and oxygen atoms in total. The van der Waals surface area contributed by atoms with E-state index in [1.165, 1.54) is 33.8 Å². The lowest BCUT2D eigenvalue weighted by Crippen LogP contribution is -2.47. The van der Waals surface area contributed by atoms with Gasteiger partial charge in [-0.1, -0.05) is 12.1 Å². The van der Waals surface area contributed by atoms with Crippen LogP contribution in [0.1, 0.15) is 31.4 Å². The largest absolute Gasteiger partial charge is 0.342 e. The van der Waals surface area contributed by atoms with Crippen molar-refractivity contribution in [2.45, 2.75) is 37.5 Å². The number of carbonyl (C=O) groups is 2. The molecule has 0 spiro atoms. The number of carbonyl (C=O) groups excluding carboxylic acids is 2. The molecule has 1 N–H and O–H groups in total. The Hall–Kier alpha value is -2.37. The van der Waals surface area contributed by atoms with Crippen molar-refractivity contribution in [2.75, 3.05) is 31.5 Å². The molecule has 2 aliphatic heterocycles. The molecule has 178 valence electrons. The Morgan fingerprint density at radius 3 is 2.30 bits per heavy atom. The average molecular weight is 495 g/mol. The maximum absolute atomic E-state index is 14.0. The van der Waals surface area contributed by atoms with Gasteiger partial charge >= 0.3 is 0 Å². The van der Waals surface area contributed by atoms with Gasteiger partial charge in [0.1, 0.15) is 10.7 Å². The Bertz CT molecular complexity index is 1120. The number of hydrogen-bond acceptors (Lipinski definition) is 6. The molecule has 2 amide bonds. The number of likely N-dealkylation sites (tertiary alicyclic amines) is 1. The molecular formula is C22H27FN4O4S2. The first-order valence-electron chi connectivity index (χ1n) is 11.0. The molecule has 0 saturated carbocycles. The van der Waals surface area contributed by atoms with Crippen molar-refractivity contribution in [1.29, 1.82) is 0 Å². The number of rotatable bonds is 5. The monoisotopic (exact) mass is 494 g/mol. The van der Waals surface area contributed by atoms with Crippen LogP contribution in [0.4, 0.5) is 9.52 Å². The van der Waals surface area contributed by atoms with Crippen molar-refractivity contribution in [1.82, 2.24) is 14.2 Å². The Kier molecular flexibility index (Phi) is 7.10. The molecule has 0 bridgehead atoms. The van der Waals surface area contributed by atoms with Gasteiger partial charge in [0.05, 0.1) is 5.69 Å². The van der Waals surface area contributed by atoms with E-state index < -0.39 is 15.8 Å². The number of amides is 2. The molecule has 1 aromatic heterocycles. The molecule has 0 radical (unpaired) electrons. The molecule has 33 heavy (non-hydrogen) atoms. The molecule has 0 unspecified atom stereocenters. The van der Waals surface area contributed by atoms with Crippen LogP contribution in [0.3, 0.4) is 0 Å². The summed E-state index contributed by atoms with van der Waals surface area (Å²) in [6.45, 7) is 3.23. The van der Waals surface area contributed by atoms with Crippen LogP contribution >= 0.6 is 11.3 Å². The van der Waals surface area contributed by atoms with E-state index in [0.29, 0.717) is 43.9 Å². The second kappa shape index (κ2) is 9.86. The van der Waals surface area contributed by atoms with Gasteiger partial charge in [-0.15, -0.1) is 11.3 Å². The first-order chi connectivity index (χ1) is 15.8. The Morgan fingerprint density at radius 1 is 1.06 bits per heavy atom. The number of nitrogens with zero attached hydrogens (tertiary/aromatic N) is 3. The van der Waals surface area contributed by atoms with E-state index in [4.69, 9.17) is 0 Å². The number of anilines is 1. The summed E-state index contributed by atoms with van der Waals surface area (Å²) in [6, 6.07) is 5.34. The molecule has 0 atom stereocenters.